The van der Waals surface area contributed by atoms with E-state index in [1.165, 1.54) is 0 Å². The minimum atomic E-state index is -0.337. The van der Waals surface area contributed by atoms with Crippen LogP contribution in [0.3, 0.4) is 0 Å². The lowest BCUT2D eigenvalue weighted by atomic mass is 10.0. The van der Waals surface area contributed by atoms with Crippen molar-refractivity contribution in [2.75, 3.05) is 18.5 Å². The van der Waals surface area contributed by atoms with Crippen LogP contribution in [-0.4, -0.2) is 47.2 Å². The van der Waals surface area contributed by atoms with Gasteiger partial charge in [0.15, 0.2) is 11.6 Å². The summed E-state index contributed by atoms with van der Waals surface area (Å²) in [4.78, 5) is 8.96. The van der Waals surface area contributed by atoms with Crippen LogP contribution in [0, 0.1) is 5.82 Å². The zero-order chi connectivity index (χ0) is 19.3. The van der Waals surface area contributed by atoms with Gasteiger partial charge in [-0.15, -0.1) is 0 Å². The molecule has 7 nitrogen and oxygen atoms in total. The molecule has 1 unspecified atom stereocenters. The van der Waals surface area contributed by atoms with Gasteiger partial charge < -0.3 is 25.1 Å². The van der Waals surface area contributed by atoms with Gasteiger partial charge in [-0.05, 0) is 19.4 Å². The molecule has 3 N–H and O–H groups in total. The highest BCUT2D eigenvalue weighted by molar-refractivity contribution is 5.93. The minimum Gasteiger partial charge on any atom is -0.380 e. The molecule has 0 amide bonds. The number of halogens is 1. The molecule has 1 fully saturated rings. The van der Waals surface area contributed by atoms with Crippen molar-refractivity contribution in [1.82, 2.24) is 9.55 Å². The van der Waals surface area contributed by atoms with Crippen molar-refractivity contribution in [2.45, 2.75) is 51.2 Å². The molecular weight excluding hydrogens is 361 g/mol. The van der Waals surface area contributed by atoms with Crippen molar-refractivity contribution < 1.29 is 13.9 Å². The fourth-order valence-corrected chi connectivity index (χ4v) is 4.11. The van der Waals surface area contributed by atoms with Crippen LogP contribution in [0.1, 0.15) is 30.2 Å². The van der Waals surface area contributed by atoms with E-state index in [2.05, 4.69) is 39.0 Å². The van der Waals surface area contributed by atoms with E-state index in [0.29, 0.717) is 31.9 Å². The van der Waals surface area contributed by atoms with E-state index in [4.69, 9.17) is 15.2 Å². The molecule has 0 aromatic carbocycles. The smallest absolute Gasteiger partial charge is 0.171 e. The highest BCUT2D eigenvalue weighted by Crippen LogP contribution is 2.34. The predicted octanol–water partition coefficient (Wildman–Crippen LogP) is 2.07. The third-order valence-electron chi connectivity index (χ3n) is 5.70. The van der Waals surface area contributed by atoms with Crippen molar-refractivity contribution in [3.63, 3.8) is 0 Å². The number of aliphatic imine (C=N–C) groups is 1. The first kappa shape index (κ1) is 17.8. The summed E-state index contributed by atoms with van der Waals surface area (Å²) in [6.07, 6.45) is 4.69. The summed E-state index contributed by atoms with van der Waals surface area (Å²) in [6.45, 7) is 4.83. The molecule has 3 atom stereocenters. The molecule has 0 radical (unpaired) electrons. The van der Waals surface area contributed by atoms with Crippen molar-refractivity contribution in [3.05, 3.63) is 34.9 Å². The SMILES string of the molecule is CC1Cn2cc(-c3nc(N[C@@H]4CCOC[C@@H]4N)c(F)c4c3C=NC4)cc2CO1. The Kier molecular flexibility index (Phi) is 4.41. The quantitative estimate of drug-likeness (QED) is 0.845. The number of anilines is 1. The van der Waals surface area contributed by atoms with Crippen LogP contribution in [0.25, 0.3) is 11.3 Å². The molecule has 1 saturated heterocycles. The second-order valence-electron chi connectivity index (χ2n) is 7.76. The Labute approximate surface area is 162 Å². The van der Waals surface area contributed by atoms with Crippen LogP contribution in [0.15, 0.2) is 17.3 Å². The maximum Gasteiger partial charge on any atom is 0.171 e. The Morgan fingerprint density at radius 3 is 3.14 bits per heavy atom. The number of ether oxygens (including phenoxy) is 2. The average Bonchev–Trinajstić information content (AvgIpc) is 3.32. The fourth-order valence-electron chi connectivity index (χ4n) is 4.11. The summed E-state index contributed by atoms with van der Waals surface area (Å²) in [5, 5.41) is 3.23. The van der Waals surface area contributed by atoms with Crippen molar-refractivity contribution >= 4 is 12.0 Å². The molecule has 28 heavy (non-hydrogen) atoms. The number of pyridine rings is 1. The van der Waals surface area contributed by atoms with Crippen LogP contribution in [0.4, 0.5) is 10.2 Å². The molecule has 2 aromatic rings. The molecule has 0 bridgehead atoms. The molecule has 148 valence electrons. The zero-order valence-electron chi connectivity index (χ0n) is 15.8. The van der Waals surface area contributed by atoms with Gasteiger partial charge in [-0.3, -0.25) is 4.99 Å². The Balaban J connectivity index is 1.55. The zero-order valence-corrected chi connectivity index (χ0v) is 15.8. The number of hydrogen-bond donors (Lipinski definition) is 2. The Morgan fingerprint density at radius 2 is 2.29 bits per heavy atom. The summed E-state index contributed by atoms with van der Waals surface area (Å²) in [6, 6.07) is 1.81. The van der Waals surface area contributed by atoms with Crippen LogP contribution in [0.5, 0.6) is 0 Å². The van der Waals surface area contributed by atoms with Gasteiger partial charge >= 0.3 is 0 Å². The number of nitrogens with zero attached hydrogens (tertiary/aromatic N) is 3. The number of nitrogens with two attached hydrogens (primary N) is 1. The average molecular weight is 385 g/mol. The van der Waals surface area contributed by atoms with Crippen molar-refractivity contribution in [1.29, 1.82) is 0 Å². The third kappa shape index (κ3) is 3.01. The molecule has 5 rings (SSSR count). The first-order valence-electron chi connectivity index (χ1n) is 9.73. The van der Waals surface area contributed by atoms with Gasteiger partial charge in [0, 0.05) is 60.0 Å². The summed E-state index contributed by atoms with van der Waals surface area (Å²) < 4.78 is 28.4. The summed E-state index contributed by atoms with van der Waals surface area (Å²) in [7, 11) is 0. The van der Waals surface area contributed by atoms with Gasteiger partial charge in [0.25, 0.3) is 0 Å². The van der Waals surface area contributed by atoms with Crippen molar-refractivity contribution in [3.8, 4) is 11.3 Å². The van der Waals surface area contributed by atoms with Crippen LogP contribution < -0.4 is 11.1 Å². The van der Waals surface area contributed by atoms with Crippen LogP contribution >= 0.6 is 0 Å². The Morgan fingerprint density at radius 1 is 1.39 bits per heavy atom. The van der Waals surface area contributed by atoms with E-state index < -0.39 is 0 Å². The summed E-state index contributed by atoms with van der Waals surface area (Å²) >= 11 is 0. The number of nitrogens with one attached hydrogen (secondary N) is 1. The summed E-state index contributed by atoms with van der Waals surface area (Å²) in [5.74, 6) is -0.0914. The van der Waals surface area contributed by atoms with Gasteiger partial charge in [-0.25, -0.2) is 9.37 Å². The second-order valence-corrected chi connectivity index (χ2v) is 7.76. The van der Waals surface area contributed by atoms with E-state index in [-0.39, 0.29) is 29.8 Å². The number of hydrogen-bond acceptors (Lipinski definition) is 6. The third-order valence-corrected chi connectivity index (χ3v) is 5.70. The maximum atomic E-state index is 15.1. The van der Waals surface area contributed by atoms with Gasteiger partial charge in [0.05, 0.1) is 31.6 Å². The predicted molar refractivity (Wildman–Crippen MR) is 104 cm³/mol. The fraction of sp³-hybridized carbons (Fsp3) is 0.500. The van der Waals surface area contributed by atoms with E-state index in [9.17, 15) is 0 Å². The minimum absolute atomic E-state index is 0.0690. The molecular formula is C20H24FN5O2. The Hall–Kier alpha value is -2.29. The molecule has 0 aliphatic carbocycles. The van der Waals surface area contributed by atoms with E-state index in [0.717, 1.165) is 35.5 Å². The number of aromatic nitrogens is 2. The van der Waals surface area contributed by atoms with E-state index in [1.54, 1.807) is 6.21 Å². The highest BCUT2D eigenvalue weighted by atomic mass is 19.1. The van der Waals surface area contributed by atoms with Gasteiger partial charge in [0.2, 0.25) is 0 Å². The molecule has 5 heterocycles. The van der Waals surface area contributed by atoms with Gasteiger partial charge in [-0.1, -0.05) is 0 Å². The maximum absolute atomic E-state index is 15.1. The molecule has 0 saturated carbocycles. The molecule has 2 aromatic heterocycles. The van der Waals surface area contributed by atoms with E-state index in [1.807, 2.05) is 0 Å². The largest absolute Gasteiger partial charge is 0.380 e. The number of fused-ring (bicyclic) bond motifs is 2. The molecule has 0 spiro atoms. The van der Waals surface area contributed by atoms with E-state index >= 15 is 4.39 Å². The highest BCUT2D eigenvalue weighted by Gasteiger charge is 2.28. The van der Waals surface area contributed by atoms with Crippen molar-refractivity contribution in [2.24, 2.45) is 10.7 Å². The van der Waals surface area contributed by atoms with Crippen LogP contribution in [-0.2, 0) is 29.2 Å². The Bertz CT molecular complexity index is 941. The monoisotopic (exact) mass is 385 g/mol. The second kappa shape index (κ2) is 6.95. The summed E-state index contributed by atoms with van der Waals surface area (Å²) in [5.41, 5.74) is 10.3. The first-order chi connectivity index (χ1) is 13.6. The number of rotatable bonds is 3. The lowest BCUT2D eigenvalue weighted by Gasteiger charge is -2.30. The molecule has 3 aliphatic heterocycles. The first-order valence-corrected chi connectivity index (χ1v) is 9.73. The molecule has 8 heteroatoms. The molecule has 3 aliphatic rings. The van der Waals surface area contributed by atoms with Gasteiger partial charge in [0.1, 0.15) is 0 Å². The lowest BCUT2D eigenvalue weighted by Crippen LogP contribution is -2.47. The normalized spacial score (nSPS) is 26.2. The van der Waals surface area contributed by atoms with Gasteiger partial charge in [-0.2, -0.15) is 0 Å². The lowest BCUT2D eigenvalue weighted by molar-refractivity contribution is 0.0167. The van der Waals surface area contributed by atoms with Crippen LogP contribution in [0.2, 0.25) is 0 Å². The standard InChI is InChI=1S/C20H24FN5O2/c1-11-7-26-8-12(4-13(26)9-28-11)19-15-6-23-5-14(15)18(21)20(25-19)24-17-2-3-27-10-16(17)22/h4,6,8,11,16-17H,2-3,5,7,9-10,22H2,1H3,(H,24,25)/t11?,16-,17+/m0/s1. The topological polar surface area (TPSA) is 86.7 Å².